The van der Waals surface area contributed by atoms with Crippen LogP contribution >= 0.6 is 0 Å². The van der Waals surface area contributed by atoms with Gasteiger partial charge in [-0.05, 0) is 99.5 Å². The van der Waals surface area contributed by atoms with Crippen molar-refractivity contribution < 1.29 is 0 Å². The van der Waals surface area contributed by atoms with Gasteiger partial charge in [-0.1, -0.05) is 78.9 Å². The predicted octanol–water partition coefficient (Wildman–Crippen LogP) is 10.4. The lowest BCUT2D eigenvalue weighted by Gasteiger charge is -2.16. The Morgan fingerprint density at radius 1 is 0.377 bits per heavy atom. The van der Waals surface area contributed by atoms with Gasteiger partial charge in [-0.2, -0.15) is 5.26 Å². The third-order valence-corrected chi connectivity index (χ3v) is 10.5. The van der Waals surface area contributed by atoms with Crippen molar-refractivity contribution in [2.45, 2.75) is 27.7 Å². The molecule has 10 aromatic rings. The van der Waals surface area contributed by atoms with Gasteiger partial charge in [0.25, 0.3) is 0 Å². The molecular weight excluding hydrogens is 755 g/mol. The zero-order valence-corrected chi connectivity index (χ0v) is 33.7. The molecule has 0 atom stereocenters. The van der Waals surface area contributed by atoms with E-state index >= 15 is 0 Å². The smallest absolute Gasteiger partial charge is 0.164 e. The molecule has 11 heteroatoms. The van der Waals surface area contributed by atoms with Crippen LogP contribution in [0.3, 0.4) is 0 Å². The Morgan fingerprint density at radius 2 is 0.820 bits per heavy atom. The van der Waals surface area contributed by atoms with Crippen molar-refractivity contribution in [3.05, 3.63) is 168 Å². The number of hydrogen-bond acceptors (Lipinski definition) is 10. The summed E-state index contributed by atoms with van der Waals surface area (Å²) in [6.07, 6.45) is 0. The van der Waals surface area contributed by atoms with Gasteiger partial charge in [0.15, 0.2) is 29.1 Å². The van der Waals surface area contributed by atoms with E-state index < -0.39 is 0 Å². The minimum atomic E-state index is 0.514. The average Bonchev–Trinajstić information content (AvgIpc) is 3.61. The Bertz CT molecular complexity index is 3150. The molecule has 4 heterocycles. The first-order chi connectivity index (χ1) is 29.8. The molecule has 0 aliphatic heterocycles. The molecule has 0 saturated carbocycles. The van der Waals surface area contributed by atoms with Crippen molar-refractivity contribution in [2.24, 2.45) is 0 Å². The summed E-state index contributed by atoms with van der Waals surface area (Å²) in [5.41, 5.74) is 9.56. The van der Waals surface area contributed by atoms with Gasteiger partial charge in [-0.25, -0.2) is 44.9 Å². The van der Waals surface area contributed by atoms with Crippen LogP contribution in [0.4, 0.5) is 0 Å². The molecule has 61 heavy (non-hydrogen) atoms. The lowest BCUT2D eigenvalue weighted by Crippen LogP contribution is -2.02. The normalized spacial score (nSPS) is 11.3. The molecule has 0 fully saturated rings. The van der Waals surface area contributed by atoms with Gasteiger partial charge < -0.3 is 4.57 Å². The number of nitrogens with zero attached hydrogens (tertiary/aromatic N) is 11. The zero-order chi connectivity index (χ0) is 41.6. The van der Waals surface area contributed by atoms with Crippen LogP contribution in [0, 0.1) is 39.0 Å². The lowest BCUT2D eigenvalue weighted by atomic mass is 9.97. The van der Waals surface area contributed by atoms with Gasteiger partial charge in [0.2, 0.25) is 0 Å². The molecule has 0 amide bonds. The van der Waals surface area contributed by atoms with Gasteiger partial charge in [-0.3, -0.25) is 0 Å². The van der Waals surface area contributed by atoms with Crippen LogP contribution in [0.2, 0.25) is 0 Å². The van der Waals surface area contributed by atoms with Crippen LogP contribution in [0.1, 0.15) is 28.9 Å². The molecule has 0 aliphatic carbocycles. The van der Waals surface area contributed by atoms with Crippen LogP contribution in [0.15, 0.2) is 140 Å². The second-order valence-electron chi connectivity index (χ2n) is 14.8. The van der Waals surface area contributed by atoms with E-state index in [0.29, 0.717) is 58.0 Å². The molecule has 290 valence electrons. The average molecular weight is 790 g/mol. The Morgan fingerprint density at radius 3 is 1.30 bits per heavy atom. The van der Waals surface area contributed by atoms with Crippen LogP contribution in [-0.2, 0) is 0 Å². The van der Waals surface area contributed by atoms with Gasteiger partial charge >= 0.3 is 0 Å². The number of aromatic nitrogens is 10. The first-order valence-electron chi connectivity index (χ1n) is 19.8. The fourth-order valence-corrected chi connectivity index (χ4v) is 7.83. The van der Waals surface area contributed by atoms with Crippen LogP contribution in [-0.4, -0.2) is 49.4 Å². The maximum absolute atomic E-state index is 9.64. The Labute approximate surface area is 351 Å². The quantitative estimate of drug-likeness (QED) is 0.153. The van der Waals surface area contributed by atoms with Crippen molar-refractivity contribution in [3.63, 3.8) is 0 Å². The summed E-state index contributed by atoms with van der Waals surface area (Å²) >= 11 is 0. The van der Waals surface area contributed by atoms with Crippen LogP contribution < -0.4 is 0 Å². The summed E-state index contributed by atoms with van der Waals surface area (Å²) in [5.74, 6) is 5.49. The molecule has 11 nitrogen and oxygen atoms in total. The number of fused-ring (bicyclic) bond motifs is 3. The molecule has 0 saturated heterocycles. The van der Waals surface area contributed by atoms with Gasteiger partial charge in [0.05, 0.1) is 22.7 Å². The maximum atomic E-state index is 9.64. The Kier molecular flexibility index (Phi) is 9.15. The zero-order valence-electron chi connectivity index (χ0n) is 33.7. The van der Waals surface area contributed by atoms with Crippen molar-refractivity contribution in [3.8, 4) is 79.8 Å². The molecule has 0 spiro atoms. The van der Waals surface area contributed by atoms with Crippen molar-refractivity contribution in [1.82, 2.24) is 49.4 Å². The maximum Gasteiger partial charge on any atom is 0.164 e. The first kappa shape index (κ1) is 36.9. The Balaban J connectivity index is 1.24. The number of aryl methyl sites for hydroxylation is 4. The highest BCUT2D eigenvalue weighted by molar-refractivity contribution is 6.11. The van der Waals surface area contributed by atoms with E-state index in [0.717, 1.165) is 66.4 Å². The molecule has 0 unspecified atom stereocenters. The second kappa shape index (κ2) is 15.1. The fraction of sp³-hybridized carbons (Fsp3) is 0.0800. The SMILES string of the molecule is Cc1nc(C)nc(-c2ccc3c(c2)c2cc(-c4nc(C)nc(C)n4)ccc2n3-c2ccc(-c3ccc(C#N)cc3)c(-c3nc(-c4ccccc4)nc(-c4ccccc4)n3)c2)n1. The fourth-order valence-electron chi connectivity index (χ4n) is 7.83. The first-order valence-corrected chi connectivity index (χ1v) is 19.8. The minimum absolute atomic E-state index is 0.514. The highest BCUT2D eigenvalue weighted by Gasteiger charge is 2.21. The van der Waals surface area contributed by atoms with Crippen molar-refractivity contribution in [1.29, 1.82) is 5.26 Å². The number of benzene rings is 6. The Hall–Kier alpha value is -8.36. The third kappa shape index (κ3) is 7.02. The molecule has 4 aromatic heterocycles. The van der Waals surface area contributed by atoms with Gasteiger partial charge in [-0.15, -0.1) is 0 Å². The highest BCUT2D eigenvalue weighted by atomic mass is 15.1. The van der Waals surface area contributed by atoms with Gasteiger partial charge in [0, 0.05) is 44.3 Å². The summed E-state index contributed by atoms with van der Waals surface area (Å²) in [6, 6.07) is 48.8. The minimum Gasteiger partial charge on any atom is -0.309 e. The summed E-state index contributed by atoms with van der Waals surface area (Å²) in [4.78, 5) is 42.9. The largest absolute Gasteiger partial charge is 0.309 e. The number of rotatable bonds is 7. The number of hydrogen-bond donors (Lipinski definition) is 0. The van der Waals surface area contributed by atoms with E-state index in [1.807, 2.05) is 113 Å². The molecular formula is C50H35N11. The summed E-state index contributed by atoms with van der Waals surface area (Å²) < 4.78 is 2.26. The van der Waals surface area contributed by atoms with Crippen molar-refractivity contribution in [2.75, 3.05) is 0 Å². The van der Waals surface area contributed by atoms with E-state index in [-0.39, 0.29) is 0 Å². The van der Waals surface area contributed by atoms with Gasteiger partial charge in [0.1, 0.15) is 23.3 Å². The van der Waals surface area contributed by atoms with E-state index in [1.54, 1.807) is 0 Å². The number of nitriles is 1. The van der Waals surface area contributed by atoms with E-state index in [1.165, 1.54) is 0 Å². The predicted molar refractivity (Wildman–Crippen MR) is 237 cm³/mol. The van der Waals surface area contributed by atoms with E-state index in [2.05, 4.69) is 75.2 Å². The van der Waals surface area contributed by atoms with Crippen LogP contribution in [0.5, 0.6) is 0 Å². The lowest BCUT2D eigenvalue weighted by molar-refractivity contribution is 0.928. The van der Waals surface area contributed by atoms with E-state index in [9.17, 15) is 5.26 Å². The molecule has 0 N–H and O–H groups in total. The topological polar surface area (TPSA) is 145 Å². The molecule has 0 aliphatic rings. The third-order valence-electron chi connectivity index (χ3n) is 10.5. The molecule has 0 bridgehead atoms. The molecule has 6 aromatic carbocycles. The molecule has 10 rings (SSSR count). The summed E-state index contributed by atoms with van der Waals surface area (Å²) in [5, 5.41) is 11.6. The second-order valence-corrected chi connectivity index (χ2v) is 14.8. The van der Waals surface area contributed by atoms with E-state index in [4.69, 9.17) is 34.9 Å². The monoisotopic (exact) mass is 789 g/mol. The highest BCUT2D eigenvalue weighted by Crippen LogP contribution is 2.40. The molecule has 0 radical (unpaired) electrons. The van der Waals surface area contributed by atoms with Crippen LogP contribution in [0.25, 0.3) is 95.6 Å². The summed E-state index contributed by atoms with van der Waals surface area (Å²) in [6.45, 7) is 7.52. The summed E-state index contributed by atoms with van der Waals surface area (Å²) in [7, 11) is 0. The van der Waals surface area contributed by atoms with Crippen molar-refractivity contribution >= 4 is 21.8 Å². The standard InChI is InChI=1S/C50H35N11/c1-29-52-30(2)55-48(54-29)37-19-23-44-41(25-37)42-26-38(49-56-31(3)53-32(4)57-49)20-24-45(42)61(44)39-21-22-40(34-17-15-33(28-51)16-18-34)43(27-39)50-59-46(35-11-7-5-8-12-35)58-47(60-50)36-13-9-6-10-14-36/h5-27H,1-4H3.